The number of carbonyl (C=O) groups is 1. The van der Waals surface area contributed by atoms with Crippen molar-refractivity contribution in [2.24, 2.45) is 0 Å². The molecule has 1 amide bonds. The van der Waals surface area contributed by atoms with E-state index in [2.05, 4.69) is 35.8 Å². The molecule has 1 unspecified atom stereocenters. The maximum absolute atomic E-state index is 12.6. The molecule has 4 heteroatoms. The Labute approximate surface area is 129 Å². The fourth-order valence-corrected chi connectivity index (χ4v) is 3.65. The van der Waals surface area contributed by atoms with Crippen molar-refractivity contribution in [3.8, 4) is 0 Å². The Morgan fingerprint density at radius 2 is 2.24 bits per heavy atom. The number of anilines is 1. The van der Waals surface area contributed by atoms with E-state index in [1.165, 1.54) is 16.0 Å². The smallest absolute Gasteiger partial charge is 0.245 e. The minimum absolute atomic E-state index is 0.174. The molecule has 0 spiro atoms. The van der Waals surface area contributed by atoms with Gasteiger partial charge < -0.3 is 10.2 Å². The molecule has 2 aromatic rings. The molecular formula is C17H20N2OS. The zero-order valence-corrected chi connectivity index (χ0v) is 13.2. The molecule has 0 aliphatic carbocycles. The molecule has 0 bridgehead atoms. The van der Waals surface area contributed by atoms with Gasteiger partial charge in [0, 0.05) is 23.7 Å². The van der Waals surface area contributed by atoms with E-state index in [0.29, 0.717) is 0 Å². The number of amides is 1. The summed E-state index contributed by atoms with van der Waals surface area (Å²) in [6, 6.07) is 10.1. The van der Waals surface area contributed by atoms with Gasteiger partial charge in [0.15, 0.2) is 0 Å². The molecular weight excluding hydrogens is 280 g/mol. The van der Waals surface area contributed by atoms with Crippen molar-refractivity contribution in [2.45, 2.75) is 32.9 Å². The lowest BCUT2D eigenvalue weighted by Gasteiger charge is -2.30. The van der Waals surface area contributed by atoms with E-state index in [-0.39, 0.29) is 11.9 Å². The van der Waals surface area contributed by atoms with Gasteiger partial charge in [0.05, 0.1) is 0 Å². The molecule has 1 aromatic carbocycles. The van der Waals surface area contributed by atoms with Crippen molar-refractivity contribution < 1.29 is 4.79 Å². The van der Waals surface area contributed by atoms with Crippen LogP contribution in [0.5, 0.6) is 0 Å². The lowest BCUT2D eigenvalue weighted by atomic mass is 10.1. The highest BCUT2D eigenvalue weighted by Gasteiger charge is 2.25. The number of nitrogens with zero attached hydrogens (tertiary/aromatic N) is 1. The van der Waals surface area contributed by atoms with Crippen LogP contribution in [0.3, 0.4) is 0 Å². The first kappa shape index (κ1) is 14.1. The van der Waals surface area contributed by atoms with Gasteiger partial charge in [0.1, 0.15) is 6.04 Å². The Morgan fingerprint density at radius 3 is 3.05 bits per heavy atom. The van der Waals surface area contributed by atoms with Gasteiger partial charge in [-0.2, -0.15) is 0 Å². The first-order valence-corrected chi connectivity index (χ1v) is 8.18. The molecule has 2 heterocycles. The molecule has 0 radical (unpaired) electrons. The molecule has 110 valence electrons. The van der Waals surface area contributed by atoms with Gasteiger partial charge in [-0.3, -0.25) is 4.79 Å². The second-order valence-corrected chi connectivity index (χ2v) is 6.61. The van der Waals surface area contributed by atoms with Crippen LogP contribution in [0.1, 0.15) is 22.9 Å². The lowest BCUT2D eigenvalue weighted by molar-refractivity contribution is -0.132. The fourth-order valence-electron chi connectivity index (χ4n) is 2.76. The number of hydrogen-bond donors (Lipinski definition) is 1. The summed E-state index contributed by atoms with van der Waals surface area (Å²) in [7, 11) is 0. The van der Waals surface area contributed by atoms with Gasteiger partial charge in [0.25, 0.3) is 0 Å². The van der Waals surface area contributed by atoms with E-state index in [1.807, 2.05) is 24.0 Å². The molecule has 3 nitrogen and oxygen atoms in total. The number of rotatable bonds is 3. The maximum atomic E-state index is 12.6. The van der Waals surface area contributed by atoms with Crippen molar-refractivity contribution in [3.63, 3.8) is 0 Å². The van der Waals surface area contributed by atoms with Gasteiger partial charge in [-0.15, -0.1) is 11.3 Å². The third-order valence-corrected chi connectivity index (χ3v) is 4.91. The van der Waals surface area contributed by atoms with Gasteiger partial charge in [0.2, 0.25) is 5.91 Å². The first-order valence-electron chi connectivity index (χ1n) is 7.31. The number of fused-ring (bicyclic) bond motifs is 1. The van der Waals surface area contributed by atoms with Gasteiger partial charge >= 0.3 is 0 Å². The predicted molar refractivity (Wildman–Crippen MR) is 87.7 cm³/mol. The van der Waals surface area contributed by atoms with Crippen LogP contribution in [0.2, 0.25) is 0 Å². The molecule has 3 rings (SSSR count). The van der Waals surface area contributed by atoms with Crippen LogP contribution in [0.4, 0.5) is 5.69 Å². The molecule has 0 fully saturated rings. The maximum Gasteiger partial charge on any atom is 0.245 e. The van der Waals surface area contributed by atoms with Crippen LogP contribution in [-0.2, 0) is 17.8 Å². The standard InChI is InChI=1S/C17H20N2OS/c1-12-4-3-5-15(10-12)18-13(2)17(20)19-8-6-16-14(11-19)7-9-21-16/h3-5,7,9-10,13,18H,6,8,11H2,1-2H3. The van der Waals surface area contributed by atoms with E-state index in [4.69, 9.17) is 0 Å². The Balaban J connectivity index is 1.65. The number of thiophene rings is 1. The van der Waals surface area contributed by atoms with Crippen LogP contribution in [0.25, 0.3) is 0 Å². The minimum atomic E-state index is -0.202. The fraction of sp³-hybridized carbons (Fsp3) is 0.353. The Bertz CT molecular complexity index is 650. The summed E-state index contributed by atoms with van der Waals surface area (Å²) in [5.74, 6) is 0.174. The Kier molecular flexibility index (Phi) is 3.97. The largest absolute Gasteiger partial charge is 0.374 e. The quantitative estimate of drug-likeness (QED) is 0.941. The average molecular weight is 300 g/mol. The van der Waals surface area contributed by atoms with Crippen molar-refractivity contribution in [2.75, 3.05) is 11.9 Å². The second-order valence-electron chi connectivity index (χ2n) is 5.61. The van der Waals surface area contributed by atoms with Crippen LogP contribution in [0.15, 0.2) is 35.7 Å². The van der Waals surface area contributed by atoms with Crippen molar-refractivity contribution in [1.29, 1.82) is 0 Å². The molecule has 21 heavy (non-hydrogen) atoms. The molecule has 0 saturated heterocycles. The van der Waals surface area contributed by atoms with Crippen LogP contribution < -0.4 is 5.32 Å². The van der Waals surface area contributed by atoms with Crippen LogP contribution in [-0.4, -0.2) is 23.4 Å². The number of benzene rings is 1. The summed E-state index contributed by atoms with van der Waals surface area (Å²) in [6.07, 6.45) is 0.982. The molecule has 1 N–H and O–H groups in total. The Morgan fingerprint density at radius 1 is 1.38 bits per heavy atom. The van der Waals surface area contributed by atoms with Gasteiger partial charge in [-0.25, -0.2) is 0 Å². The summed E-state index contributed by atoms with van der Waals surface area (Å²) in [6.45, 7) is 5.57. The average Bonchev–Trinajstić information content (AvgIpc) is 2.93. The van der Waals surface area contributed by atoms with Gasteiger partial charge in [-0.05, 0) is 55.0 Å². The third-order valence-electron chi connectivity index (χ3n) is 3.89. The molecule has 1 atom stereocenters. The number of carbonyl (C=O) groups excluding carboxylic acids is 1. The van der Waals surface area contributed by atoms with Crippen molar-refractivity contribution in [1.82, 2.24) is 4.90 Å². The van der Waals surface area contributed by atoms with E-state index in [1.54, 1.807) is 11.3 Å². The zero-order valence-electron chi connectivity index (χ0n) is 12.4. The topological polar surface area (TPSA) is 32.3 Å². The summed E-state index contributed by atoms with van der Waals surface area (Å²) < 4.78 is 0. The number of aryl methyl sites for hydroxylation is 1. The number of hydrogen-bond acceptors (Lipinski definition) is 3. The van der Waals surface area contributed by atoms with Crippen LogP contribution in [0, 0.1) is 6.92 Å². The monoisotopic (exact) mass is 300 g/mol. The highest BCUT2D eigenvalue weighted by Crippen LogP contribution is 2.24. The molecule has 1 aliphatic rings. The second kappa shape index (κ2) is 5.90. The summed E-state index contributed by atoms with van der Waals surface area (Å²) >= 11 is 1.80. The molecule has 1 aromatic heterocycles. The van der Waals surface area contributed by atoms with Crippen molar-refractivity contribution in [3.05, 3.63) is 51.7 Å². The summed E-state index contributed by atoms with van der Waals surface area (Å²) in [5, 5.41) is 5.43. The van der Waals surface area contributed by atoms with Crippen LogP contribution >= 0.6 is 11.3 Å². The number of nitrogens with one attached hydrogen (secondary N) is 1. The van der Waals surface area contributed by atoms with E-state index in [9.17, 15) is 4.79 Å². The molecule has 0 saturated carbocycles. The normalized spacial score (nSPS) is 15.4. The van der Waals surface area contributed by atoms with E-state index >= 15 is 0 Å². The predicted octanol–water partition coefficient (Wildman–Crippen LogP) is 3.44. The molecule has 1 aliphatic heterocycles. The first-order chi connectivity index (χ1) is 10.1. The highest BCUT2D eigenvalue weighted by molar-refractivity contribution is 7.10. The zero-order chi connectivity index (χ0) is 14.8. The highest BCUT2D eigenvalue weighted by atomic mass is 32.1. The lowest BCUT2D eigenvalue weighted by Crippen LogP contribution is -2.43. The van der Waals surface area contributed by atoms with Gasteiger partial charge in [-0.1, -0.05) is 12.1 Å². The Hall–Kier alpha value is -1.81. The summed E-state index contributed by atoms with van der Waals surface area (Å²) in [5.41, 5.74) is 3.51. The third kappa shape index (κ3) is 3.10. The summed E-state index contributed by atoms with van der Waals surface area (Å²) in [4.78, 5) is 16.0. The SMILES string of the molecule is Cc1cccc(NC(C)C(=O)N2CCc3sccc3C2)c1. The van der Waals surface area contributed by atoms with E-state index < -0.39 is 0 Å². The van der Waals surface area contributed by atoms with Crippen molar-refractivity contribution >= 4 is 22.9 Å². The van der Waals surface area contributed by atoms with E-state index in [0.717, 1.165) is 25.2 Å². The minimum Gasteiger partial charge on any atom is -0.374 e.